The van der Waals surface area contributed by atoms with Gasteiger partial charge in [-0.3, -0.25) is 18.7 Å². The molecule has 0 atom stereocenters. The highest BCUT2D eigenvalue weighted by atomic mass is 16.5. The Hall–Kier alpha value is -2.41. The van der Waals surface area contributed by atoms with Crippen LogP contribution >= 0.6 is 0 Å². The minimum absolute atomic E-state index is 0.0770. The molecular formula is C17H21N3O4. The molecule has 2 heterocycles. The molecule has 128 valence electrons. The zero-order valence-electron chi connectivity index (χ0n) is 13.9. The van der Waals surface area contributed by atoms with Gasteiger partial charge in [-0.2, -0.15) is 0 Å². The molecule has 0 unspecified atom stereocenters. The molecule has 0 bridgehead atoms. The van der Waals surface area contributed by atoms with E-state index in [1.807, 2.05) is 0 Å². The molecule has 0 saturated carbocycles. The highest BCUT2D eigenvalue weighted by Crippen LogP contribution is 2.10. The molecule has 3 rings (SSSR count). The van der Waals surface area contributed by atoms with Crippen LogP contribution in [0.2, 0.25) is 0 Å². The zero-order valence-corrected chi connectivity index (χ0v) is 13.9. The molecule has 0 N–H and O–H groups in total. The van der Waals surface area contributed by atoms with Crippen molar-refractivity contribution >= 4 is 16.8 Å². The Bertz CT molecular complexity index is 876. The fourth-order valence-corrected chi connectivity index (χ4v) is 3.00. The first-order valence-corrected chi connectivity index (χ1v) is 8.10. The number of carbonyl (C=O) groups is 1. The molecule has 0 radical (unpaired) electrons. The van der Waals surface area contributed by atoms with Gasteiger partial charge in [0.15, 0.2) is 0 Å². The lowest BCUT2D eigenvalue weighted by Crippen LogP contribution is -2.46. The van der Waals surface area contributed by atoms with Gasteiger partial charge in [0, 0.05) is 19.1 Å². The molecular weight excluding hydrogens is 310 g/mol. The number of benzene rings is 1. The lowest BCUT2D eigenvalue weighted by Gasteiger charge is -2.27. The second kappa shape index (κ2) is 6.60. The Labute approximate surface area is 139 Å². The van der Waals surface area contributed by atoms with Crippen molar-refractivity contribution in [1.29, 1.82) is 0 Å². The molecule has 0 spiro atoms. The van der Waals surface area contributed by atoms with Gasteiger partial charge in [-0.1, -0.05) is 12.1 Å². The molecule has 1 aromatic carbocycles. The smallest absolute Gasteiger partial charge is 0.332 e. The average Bonchev–Trinajstić information content (AvgIpc) is 2.59. The number of amides is 1. The Kier molecular flexibility index (Phi) is 4.53. The van der Waals surface area contributed by atoms with Gasteiger partial charge < -0.3 is 9.64 Å². The summed E-state index contributed by atoms with van der Waals surface area (Å²) in [4.78, 5) is 39.6. The molecule has 1 aromatic heterocycles. The SMILES string of the molecule is CC(C)n1c(=O)c2ccccc2n(CC(=O)N2CCOCC2)c1=O. The van der Waals surface area contributed by atoms with E-state index in [1.165, 1.54) is 9.13 Å². The highest BCUT2D eigenvalue weighted by molar-refractivity contribution is 5.81. The Morgan fingerprint density at radius 3 is 2.50 bits per heavy atom. The van der Waals surface area contributed by atoms with E-state index in [2.05, 4.69) is 0 Å². The predicted molar refractivity (Wildman–Crippen MR) is 90.3 cm³/mol. The van der Waals surface area contributed by atoms with Gasteiger partial charge in [0.2, 0.25) is 5.91 Å². The third kappa shape index (κ3) is 2.87. The number of nitrogens with zero attached hydrogens (tertiary/aromatic N) is 3. The van der Waals surface area contributed by atoms with Crippen molar-refractivity contribution in [2.24, 2.45) is 0 Å². The fraction of sp³-hybridized carbons (Fsp3) is 0.471. The molecule has 1 amide bonds. The van der Waals surface area contributed by atoms with Gasteiger partial charge in [-0.15, -0.1) is 0 Å². The maximum absolute atomic E-state index is 12.8. The number of ether oxygens (including phenoxy) is 1. The van der Waals surface area contributed by atoms with Crippen LogP contribution in [-0.4, -0.2) is 46.2 Å². The summed E-state index contributed by atoms with van der Waals surface area (Å²) in [6, 6.07) is 6.63. The molecule has 7 heteroatoms. The predicted octanol–water partition coefficient (Wildman–Crippen LogP) is 0.603. The quantitative estimate of drug-likeness (QED) is 0.826. The summed E-state index contributed by atoms with van der Waals surface area (Å²) in [6.45, 7) is 5.55. The molecule has 1 saturated heterocycles. The van der Waals surface area contributed by atoms with Crippen molar-refractivity contribution in [3.63, 3.8) is 0 Å². The summed E-state index contributed by atoms with van der Waals surface area (Å²) >= 11 is 0. The Morgan fingerprint density at radius 1 is 1.17 bits per heavy atom. The topological polar surface area (TPSA) is 73.5 Å². The maximum atomic E-state index is 12.8. The van der Waals surface area contributed by atoms with Crippen LogP contribution in [0.15, 0.2) is 33.9 Å². The van der Waals surface area contributed by atoms with E-state index in [4.69, 9.17) is 4.74 Å². The molecule has 1 fully saturated rings. The number of hydrogen-bond donors (Lipinski definition) is 0. The standard InChI is InChI=1S/C17H21N3O4/c1-12(2)20-16(22)13-5-3-4-6-14(13)19(17(20)23)11-15(21)18-7-9-24-10-8-18/h3-6,12H,7-11H2,1-2H3. The molecule has 1 aliphatic rings. The number of para-hydroxylation sites is 1. The lowest BCUT2D eigenvalue weighted by molar-refractivity contribution is -0.135. The lowest BCUT2D eigenvalue weighted by atomic mass is 10.2. The molecule has 24 heavy (non-hydrogen) atoms. The largest absolute Gasteiger partial charge is 0.378 e. The van der Waals surface area contributed by atoms with Gasteiger partial charge >= 0.3 is 5.69 Å². The third-order valence-corrected chi connectivity index (χ3v) is 4.25. The van der Waals surface area contributed by atoms with Crippen molar-refractivity contribution in [3.05, 3.63) is 45.1 Å². The minimum atomic E-state index is -0.449. The van der Waals surface area contributed by atoms with Crippen molar-refractivity contribution < 1.29 is 9.53 Å². The van der Waals surface area contributed by atoms with Crippen LogP contribution in [0.3, 0.4) is 0 Å². The first kappa shape index (κ1) is 16.4. The first-order chi connectivity index (χ1) is 11.5. The first-order valence-electron chi connectivity index (χ1n) is 8.10. The summed E-state index contributed by atoms with van der Waals surface area (Å²) < 4.78 is 7.85. The van der Waals surface area contributed by atoms with Crippen LogP contribution in [0.5, 0.6) is 0 Å². The van der Waals surface area contributed by atoms with Crippen LogP contribution in [0, 0.1) is 0 Å². The van der Waals surface area contributed by atoms with Gasteiger partial charge in [-0.05, 0) is 26.0 Å². The van der Waals surface area contributed by atoms with Gasteiger partial charge in [-0.25, -0.2) is 4.79 Å². The average molecular weight is 331 g/mol. The van der Waals surface area contributed by atoms with Crippen molar-refractivity contribution in [3.8, 4) is 0 Å². The molecule has 1 aliphatic heterocycles. The van der Waals surface area contributed by atoms with E-state index in [1.54, 1.807) is 43.0 Å². The van der Waals surface area contributed by atoms with Crippen molar-refractivity contribution in [1.82, 2.24) is 14.0 Å². The summed E-state index contributed by atoms with van der Waals surface area (Å²) in [5.74, 6) is -0.139. The van der Waals surface area contributed by atoms with Crippen LogP contribution in [-0.2, 0) is 16.1 Å². The van der Waals surface area contributed by atoms with E-state index < -0.39 is 5.69 Å². The summed E-state index contributed by atoms with van der Waals surface area (Å²) in [7, 11) is 0. The summed E-state index contributed by atoms with van der Waals surface area (Å²) in [5.41, 5.74) is -0.276. The zero-order chi connectivity index (χ0) is 17.3. The number of rotatable bonds is 3. The second-order valence-corrected chi connectivity index (χ2v) is 6.15. The van der Waals surface area contributed by atoms with Crippen molar-refractivity contribution in [2.45, 2.75) is 26.4 Å². The van der Waals surface area contributed by atoms with Gasteiger partial charge in [0.25, 0.3) is 5.56 Å². The minimum Gasteiger partial charge on any atom is -0.378 e. The van der Waals surface area contributed by atoms with Crippen molar-refractivity contribution in [2.75, 3.05) is 26.3 Å². The maximum Gasteiger partial charge on any atom is 0.332 e. The highest BCUT2D eigenvalue weighted by Gasteiger charge is 2.21. The van der Waals surface area contributed by atoms with E-state index in [9.17, 15) is 14.4 Å². The number of aromatic nitrogens is 2. The fourth-order valence-electron chi connectivity index (χ4n) is 3.00. The molecule has 7 nitrogen and oxygen atoms in total. The van der Waals surface area contributed by atoms with E-state index >= 15 is 0 Å². The monoisotopic (exact) mass is 331 g/mol. The summed E-state index contributed by atoms with van der Waals surface area (Å²) in [5, 5.41) is 0.445. The molecule has 0 aliphatic carbocycles. The van der Waals surface area contributed by atoms with Crippen LogP contribution in [0.4, 0.5) is 0 Å². The van der Waals surface area contributed by atoms with Gasteiger partial charge in [0.1, 0.15) is 6.54 Å². The van der Waals surface area contributed by atoms with Crippen LogP contribution in [0.1, 0.15) is 19.9 Å². The number of fused-ring (bicyclic) bond motifs is 1. The van der Waals surface area contributed by atoms with E-state index in [0.717, 1.165) is 0 Å². The van der Waals surface area contributed by atoms with E-state index in [0.29, 0.717) is 37.2 Å². The Balaban J connectivity index is 2.11. The van der Waals surface area contributed by atoms with E-state index in [-0.39, 0.29) is 24.1 Å². The number of carbonyl (C=O) groups excluding carboxylic acids is 1. The number of morpholine rings is 1. The third-order valence-electron chi connectivity index (χ3n) is 4.25. The normalized spacial score (nSPS) is 15.2. The summed E-state index contributed by atoms with van der Waals surface area (Å²) in [6.07, 6.45) is 0. The van der Waals surface area contributed by atoms with Crippen LogP contribution < -0.4 is 11.2 Å². The number of hydrogen-bond acceptors (Lipinski definition) is 4. The second-order valence-electron chi connectivity index (χ2n) is 6.15. The van der Waals surface area contributed by atoms with Gasteiger partial charge in [0.05, 0.1) is 24.1 Å². The van der Waals surface area contributed by atoms with Crippen LogP contribution in [0.25, 0.3) is 10.9 Å². The molecule has 2 aromatic rings. The Morgan fingerprint density at radius 2 is 1.83 bits per heavy atom.